The van der Waals surface area contributed by atoms with Crippen molar-refractivity contribution < 1.29 is 22.7 Å². The second kappa shape index (κ2) is 7.65. The van der Waals surface area contributed by atoms with E-state index in [2.05, 4.69) is 4.72 Å². The van der Waals surface area contributed by atoms with Gasteiger partial charge in [0.2, 0.25) is 5.91 Å². The molecule has 7 nitrogen and oxygen atoms in total. The molecular weight excluding hydrogens is 376 g/mol. The first-order chi connectivity index (χ1) is 12.4. The van der Waals surface area contributed by atoms with Crippen LogP contribution in [0.1, 0.15) is 6.92 Å². The van der Waals surface area contributed by atoms with Crippen LogP contribution in [0.3, 0.4) is 0 Å². The van der Waals surface area contributed by atoms with Crippen LogP contribution in [0.2, 0.25) is 0 Å². The summed E-state index contributed by atoms with van der Waals surface area (Å²) in [7, 11) is -2.09. The summed E-state index contributed by atoms with van der Waals surface area (Å²) >= 11 is 1.10. The van der Waals surface area contributed by atoms with E-state index in [-0.39, 0.29) is 22.8 Å². The lowest BCUT2D eigenvalue weighted by Crippen LogP contribution is -2.49. The fourth-order valence-corrected chi connectivity index (χ4v) is 4.84. The minimum atomic E-state index is -3.70. The molecule has 0 aliphatic carbocycles. The molecule has 0 saturated heterocycles. The van der Waals surface area contributed by atoms with Crippen LogP contribution in [-0.2, 0) is 14.8 Å². The predicted octanol–water partition coefficient (Wildman–Crippen LogP) is 1.71. The highest BCUT2D eigenvalue weighted by Crippen LogP contribution is 2.31. The molecule has 0 saturated carbocycles. The van der Waals surface area contributed by atoms with Crippen LogP contribution in [0.15, 0.2) is 46.0 Å². The van der Waals surface area contributed by atoms with Crippen molar-refractivity contribution in [3.63, 3.8) is 0 Å². The van der Waals surface area contributed by atoms with E-state index in [1.54, 1.807) is 24.6 Å². The maximum Gasteiger partial charge on any atom is 0.250 e. The summed E-state index contributed by atoms with van der Waals surface area (Å²) in [6, 6.07) is 9.60. The van der Waals surface area contributed by atoms with Crippen molar-refractivity contribution in [2.75, 3.05) is 20.2 Å². The van der Waals surface area contributed by atoms with Crippen LogP contribution in [0.25, 0.3) is 0 Å². The van der Waals surface area contributed by atoms with Gasteiger partial charge in [-0.25, -0.2) is 8.42 Å². The summed E-state index contributed by atoms with van der Waals surface area (Å²) in [5, 5.41) is 1.67. The summed E-state index contributed by atoms with van der Waals surface area (Å²) in [6.45, 7) is 2.14. The second-order valence-corrected chi connectivity index (χ2v) is 8.88. The van der Waals surface area contributed by atoms with E-state index in [1.807, 2.05) is 18.2 Å². The Morgan fingerprint density at radius 3 is 2.73 bits per heavy atom. The predicted molar refractivity (Wildman–Crippen MR) is 98.1 cm³/mol. The topological polar surface area (TPSA) is 84.9 Å². The van der Waals surface area contributed by atoms with Crippen molar-refractivity contribution in [1.29, 1.82) is 0 Å². The minimum absolute atomic E-state index is 0.181. The first kappa shape index (κ1) is 18.7. The fraction of sp³-hybridized carbons (Fsp3) is 0.353. The number of carbonyl (C=O) groups is 1. The summed E-state index contributed by atoms with van der Waals surface area (Å²) in [5.74, 6) is 0.971. The zero-order valence-corrected chi connectivity index (χ0v) is 16.0. The number of sulfonamides is 1. The lowest BCUT2D eigenvalue weighted by atomic mass is 10.2. The highest BCUT2D eigenvalue weighted by Gasteiger charge is 2.28. The van der Waals surface area contributed by atoms with E-state index in [4.69, 9.17) is 9.47 Å². The zero-order chi connectivity index (χ0) is 18.7. The maximum atomic E-state index is 12.5. The van der Waals surface area contributed by atoms with Crippen LogP contribution >= 0.6 is 11.3 Å². The molecule has 0 spiro atoms. The number of hydrogen-bond acceptors (Lipinski definition) is 6. The monoisotopic (exact) mass is 396 g/mol. The first-order valence-corrected chi connectivity index (χ1v) is 10.4. The molecule has 0 bridgehead atoms. The van der Waals surface area contributed by atoms with E-state index in [9.17, 15) is 13.2 Å². The zero-order valence-electron chi connectivity index (χ0n) is 14.4. The largest absolute Gasteiger partial charge is 0.486 e. The molecule has 1 N–H and O–H groups in total. The Hall–Kier alpha value is -2.10. The third-order valence-electron chi connectivity index (χ3n) is 3.88. The van der Waals surface area contributed by atoms with Gasteiger partial charge >= 0.3 is 0 Å². The van der Waals surface area contributed by atoms with E-state index < -0.39 is 16.1 Å². The smallest absolute Gasteiger partial charge is 0.250 e. The van der Waals surface area contributed by atoms with Gasteiger partial charge in [-0.05, 0) is 30.5 Å². The molecule has 1 aromatic heterocycles. The van der Waals surface area contributed by atoms with Crippen molar-refractivity contribution in [3.05, 3.63) is 41.8 Å². The third-order valence-corrected chi connectivity index (χ3v) is 6.82. The van der Waals surface area contributed by atoms with Crippen molar-refractivity contribution >= 4 is 27.3 Å². The molecular formula is C17H20N2O5S2. The SMILES string of the molecule is CC(NS(=O)(=O)c1cccs1)C(=O)N(C)CC1COc2ccccc2O1. The van der Waals surface area contributed by atoms with Crippen LogP contribution in [0.4, 0.5) is 0 Å². The number of thiophene rings is 1. The Kier molecular flexibility index (Phi) is 5.49. The van der Waals surface area contributed by atoms with E-state index >= 15 is 0 Å². The number of para-hydroxylation sites is 2. The van der Waals surface area contributed by atoms with Crippen LogP contribution in [0.5, 0.6) is 11.5 Å². The first-order valence-electron chi connectivity index (χ1n) is 8.06. The highest BCUT2D eigenvalue weighted by molar-refractivity contribution is 7.91. The molecule has 2 atom stereocenters. The van der Waals surface area contributed by atoms with Gasteiger partial charge in [0.15, 0.2) is 17.6 Å². The summed E-state index contributed by atoms with van der Waals surface area (Å²) in [5.41, 5.74) is 0. The normalized spacial score (nSPS) is 17.5. The number of carbonyl (C=O) groups excluding carboxylic acids is 1. The van der Waals surface area contributed by atoms with Crippen LogP contribution in [-0.4, -0.2) is 51.6 Å². The van der Waals surface area contributed by atoms with E-state index in [0.29, 0.717) is 18.1 Å². The molecule has 1 aliphatic heterocycles. The molecule has 1 amide bonds. The third kappa shape index (κ3) is 4.17. The average molecular weight is 396 g/mol. The van der Waals surface area contributed by atoms with Gasteiger partial charge in [-0.2, -0.15) is 4.72 Å². The van der Waals surface area contributed by atoms with Crippen LogP contribution < -0.4 is 14.2 Å². The highest BCUT2D eigenvalue weighted by atomic mass is 32.2. The van der Waals surface area contributed by atoms with Gasteiger partial charge < -0.3 is 14.4 Å². The Balaban J connectivity index is 1.58. The van der Waals surface area contributed by atoms with Gasteiger partial charge in [0, 0.05) is 7.05 Å². The molecule has 2 unspecified atom stereocenters. The Morgan fingerprint density at radius 1 is 1.31 bits per heavy atom. The number of rotatable bonds is 6. The summed E-state index contributed by atoms with van der Waals surface area (Å²) in [6.07, 6.45) is -0.319. The van der Waals surface area contributed by atoms with E-state index in [1.165, 1.54) is 17.9 Å². The van der Waals surface area contributed by atoms with Crippen LogP contribution in [0, 0.1) is 0 Å². The Morgan fingerprint density at radius 2 is 2.04 bits per heavy atom. The Bertz CT molecular complexity index is 867. The van der Waals surface area contributed by atoms with Crippen molar-refractivity contribution in [3.8, 4) is 11.5 Å². The van der Waals surface area contributed by atoms with Gasteiger partial charge in [0.1, 0.15) is 10.8 Å². The van der Waals surface area contributed by atoms with Gasteiger partial charge in [-0.15, -0.1) is 11.3 Å². The standard InChI is InChI=1S/C17H20N2O5S2/c1-12(18-26(21,22)16-8-5-9-25-16)17(20)19(2)10-13-11-23-14-6-3-4-7-15(14)24-13/h3-9,12-13,18H,10-11H2,1-2H3. The van der Waals surface area contributed by atoms with Crippen molar-refractivity contribution in [2.24, 2.45) is 0 Å². The molecule has 0 radical (unpaired) electrons. The van der Waals surface area contributed by atoms with Gasteiger partial charge in [0.05, 0.1) is 12.6 Å². The number of nitrogens with zero attached hydrogens (tertiary/aromatic N) is 1. The lowest BCUT2D eigenvalue weighted by molar-refractivity contribution is -0.132. The van der Waals surface area contributed by atoms with Crippen molar-refractivity contribution in [2.45, 2.75) is 23.3 Å². The second-order valence-electron chi connectivity index (χ2n) is 5.99. The molecule has 3 rings (SSSR count). The Labute approximate surface area is 156 Å². The molecule has 1 aromatic carbocycles. The number of hydrogen-bond donors (Lipinski definition) is 1. The fourth-order valence-electron chi connectivity index (χ4n) is 2.64. The molecule has 140 valence electrons. The average Bonchev–Trinajstić information content (AvgIpc) is 3.16. The number of nitrogens with one attached hydrogen (secondary N) is 1. The quantitative estimate of drug-likeness (QED) is 0.804. The molecule has 1 aliphatic rings. The number of amides is 1. The number of likely N-dealkylation sites (N-methyl/N-ethyl adjacent to an activating group) is 1. The summed E-state index contributed by atoms with van der Waals surface area (Å²) < 4.78 is 38.5. The summed E-state index contributed by atoms with van der Waals surface area (Å²) in [4.78, 5) is 14.0. The number of benzene rings is 1. The maximum absolute atomic E-state index is 12.5. The lowest BCUT2D eigenvalue weighted by Gasteiger charge is -2.30. The molecule has 9 heteroatoms. The molecule has 2 aromatic rings. The van der Waals surface area contributed by atoms with Gasteiger partial charge in [-0.1, -0.05) is 18.2 Å². The van der Waals surface area contributed by atoms with E-state index in [0.717, 1.165) is 11.3 Å². The minimum Gasteiger partial charge on any atom is -0.486 e. The molecule has 0 fully saturated rings. The molecule has 26 heavy (non-hydrogen) atoms. The number of ether oxygens (including phenoxy) is 2. The number of fused-ring (bicyclic) bond motifs is 1. The van der Waals surface area contributed by atoms with Crippen molar-refractivity contribution in [1.82, 2.24) is 9.62 Å². The molecule has 2 heterocycles. The van der Waals surface area contributed by atoms with Gasteiger partial charge in [-0.3, -0.25) is 4.79 Å². The van der Waals surface area contributed by atoms with Gasteiger partial charge in [0.25, 0.3) is 10.0 Å².